The number of methoxy groups -OCH3 is 1. The van der Waals surface area contributed by atoms with Crippen molar-refractivity contribution >= 4 is 50.8 Å². The third kappa shape index (κ3) is 4.66. The minimum Gasteiger partial charge on any atom is -0.465 e. The molecule has 30 heavy (non-hydrogen) atoms. The third-order valence-corrected chi connectivity index (χ3v) is 5.81. The topological polar surface area (TPSA) is 43.3 Å². The Hall–Kier alpha value is -2.02. The molecular weight excluding hydrogens is 494 g/mol. The van der Waals surface area contributed by atoms with Gasteiger partial charge in [-0.2, -0.15) is 0 Å². The van der Waals surface area contributed by atoms with Gasteiger partial charge in [0.2, 0.25) is 0 Å². The summed E-state index contributed by atoms with van der Waals surface area (Å²) in [7, 11) is 1.34. The summed E-state index contributed by atoms with van der Waals surface area (Å²) < 4.78 is 21.4. The second-order valence-corrected chi connectivity index (χ2v) is 8.64. The number of halogens is 4. The molecule has 0 fully saturated rings. The first-order valence-corrected chi connectivity index (χ1v) is 10.7. The molecule has 2 aromatic carbocycles. The van der Waals surface area contributed by atoms with Crippen molar-refractivity contribution in [2.75, 3.05) is 12.4 Å². The molecule has 1 atom stereocenters. The van der Waals surface area contributed by atoms with Gasteiger partial charge in [0.1, 0.15) is 5.82 Å². The van der Waals surface area contributed by atoms with E-state index in [1.54, 1.807) is 24.3 Å². The van der Waals surface area contributed by atoms with Crippen LogP contribution in [0.5, 0.6) is 0 Å². The first-order valence-electron chi connectivity index (χ1n) is 9.19. The molecule has 0 aliphatic carbocycles. The van der Waals surface area contributed by atoms with Gasteiger partial charge in [-0.3, -0.25) is 0 Å². The Kier molecular flexibility index (Phi) is 7.11. The van der Waals surface area contributed by atoms with Crippen LogP contribution in [0.15, 0.2) is 53.1 Å². The maximum absolute atomic E-state index is 13.7. The SMILES string of the molecule is COC(=O)c1cc(Br)n(C(C)C)c1C(Nc1ccc(F)c(Cl)c1)c1ccc(Cl)cc1. The molecule has 0 amide bonds. The van der Waals surface area contributed by atoms with Crippen molar-refractivity contribution in [3.05, 3.63) is 85.8 Å². The summed E-state index contributed by atoms with van der Waals surface area (Å²) >= 11 is 15.6. The standard InChI is InChI=1S/C22H20BrCl2FN2O2/c1-12(2)28-19(23)11-16(22(29)30-3)21(28)20(13-4-6-14(24)7-5-13)27-15-8-9-18(26)17(25)10-15/h4-12,20,27H,1-3H3. The Labute approximate surface area is 193 Å². The van der Waals surface area contributed by atoms with E-state index < -0.39 is 17.8 Å². The zero-order chi connectivity index (χ0) is 22.0. The monoisotopic (exact) mass is 512 g/mol. The molecule has 0 saturated heterocycles. The smallest absolute Gasteiger partial charge is 0.339 e. The van der Waals surface area contributed by atoms with Gasteiger partial charge in [0.25, 0.3) is 0 Å². The average Bonchev–Trinajstić information content (AvgIpc) is 3.06. The van der Waals surface area contributed by atoms with Crippen LogP contribution in [0.2, 0.25) is 10.0 Å². The lowest BCUT2D eigenvalue weighted by molar-refractivity contribution is 0.0599. The number of carbonyl (C=O) groups excluding carboxylic acids is 1. The normalized spacial score (nSPS) is 12.1. The molecule has 0 radical (unpaired) electrons. The van der Waals surface area contributed by atoms with Crippen molar-refractivity contribution in [2.45, 2.75) is 25.9 Å². The number of hydrogen-bond donors (Lipinski definition) is 1. The van der Waals surface area contributed by atoms with Crippen LogP contribution in [-0.4, -0.2) is 17.6 Å². The number of anilines is 1. The van der Waals surface area contributed by atoms with Gasteiger partial charge in [-0.15, -0.1) is 0 Å². The molecule has 3 aromatic rings. The van der Waals surface area contributed by atoms with Crippen molar-refractivity contribution in [3.8, 4) is 0 Å². The van der Waals surface area contributed by atoms with Crippen molar-refractivity contribution in [1.82, 2.24) is 4.57 Å². The van der Waals surface area contributed by atoms with E-state index in [9.17, 15) is 9.18 Å². The van der Waals surface area contributed by atoms with Gasteiger partial charge in [0.05, 0.1) is 34.0 Å². The van der Waals surface area contributed by atoms with Crippen molar-refractivity contribution in [1.29, 1.82) is 0 Å². The highest BCUT2D eigenvalue weighted by molar-refractivity contribution is 9.10. The molecule has 8 heteroatoms. The number of hydrogen-bond acceptors (Lipinski definition) is 3. The number of benzene rings is 2. The van der Waals surface area contributed by atoms with Crippen LogP contribution in [0.4, 0.5) is 10.1 Å². The zero-order valence-electron chi connectivity index (χ0n) is 16.5. The third-order valence-electron chi connectivity index (χ3n) is 4.66. The number of rotatable bonds is 6. The van der Waals surface area contributed by atoms with Crippen molar-refractivity contribution in [2.24, 2.45) is 0 Å². The fourth-order valence-corrected chi connectivity index (χ4v) is 4.45. The minimum absolute atomic E-state index is 0.00321. The molecule has 158 valence electrons. The molecular formula is C22H20BrCl2FN2O2. The summed E-state index contributed by atoms with van der Waals surface area (Å²) in [4.78, 5) is 12.6. The Morgan fingerprint density at radius 3 is 2.37 bits per heavy atom. The molecule has 0 aliphatic heterocycles. The largest absolute Gasteiger partial charge is 0.465 e. The Bertz CT molecular complexity index is 1070. The second kappa shape index (κ2) is 9.41. The van der Waals surface area contributed by atoms with Gasteiger partial charge in [-0.1, -0.05) is 35.3 Å². The first kappa shape index (κ1) is 22.7. The minimum atomic E-state index is -0.506. The molecule has 1 unspecified atom stereocenters. The van der Waals surface area contributed by atoms with E-state index in [1.165, 1.54) is 19.2 Å². The fraction of sp³-hybridized carbons (Fsp3) is 0.227. The van der Waals surface area contributed by atoms with Crippen LogP contribution in [0.3, 0.4) is 0 Å². The summed E-state index contributed by atoms with van der Waals surface area (Å²) in [6, 6.07) is 13.0. The molecule has 0 bridgehead atoms. The Morgan fingerprint density at radius 1 is 1.13 bits per heavy atom. The predicted molar refractivity (Wildman–Crippen MR) is 122 cm³/mol. The van der Waals surface area contributed by atoms with Crippen molar-refractivity contribution < 1.29 is 13.9 Å². The Balaban J connectivity index is 2.22. The van der Waals surface area contributed by atoms with E-state index >= 15 is 0 Å². The van der Waals surface area contributed by atoms with E-state index in [4.69, 9.17) is 27.9 Å². The van der Waals surface area contributed by atoms with E-state index in [0.717, 1.165) is 10.2 Å². The zero-order valence-corrected chi connectivity index (χ0v) is 19.6. The number of aromatic nitrogens is 1. The number of esters is 1. The van der Waals surface area contributed by atoms with Gasteiger partial charge in [0.15, 0.2) is 0 Å². The highest BCUT2D eigenvalue weighted by Gasteiger charge is 2.29. The van der Waals surface area contributed by atoms with E-state index in [-0.39, 0.29) is 11.1 Å². The summed E-state index contributed by atoms with van der Waals surface area (Å²) in [6.07, 6.45) is 0. The summed E-state index contributed by atoms with van der Waals surface area (Å²) in [6.45, 7) is 4.03. The quantitative estimate of drug-likeness (QED) is 0.352. The summed E-state index contributed by atoms with van der Waals surface area (Å²) in [5, 5.41) is 3.98. The summed E-state index contributed by atoms with van der Waals surface area (Å²) in [5.41, 5.74) is 2.58. The van der Waals surface area contributed by atoms with Gasteiger partial charge >= 0.3 is 5.97 Å². The predicted octanol–water partition coefficient (Wildman–Crippen LogP) is 7.27. The number of carbonyl (C=O) groups is 1. The fourth-order valence-electron chi connectivity index (χ4n) is 3.32. The van der Waals surface area contributed by atoms with Crippen LogP contribution in [0, 0.1) is 5.82 Å². The molecule has 1 N–H and O–H groups in total. The lowest BCUT2D eigenvalue weighted by Crippen LogP contribution is -2.21. The van der Waals surface area contributed by atoms with E-state index in [0.29, 0.717) is 22.0 Å². The average molecular weight is 514 g/mol. The highest BCUT2D eigenvalue weighted by Crippen LogP contribution is 2.36. The molecule has 3 rings (SSSR count). The van der Waals surface area contributed by atoms with E-state index in [2.05, 4.69) is 21.2 Å². The Morgan fingerprint density at radius 2 is 1.80 bits per heavy atom. The molecule has 4 nitrogen and oxygen atoms in total. The first-order chi connectivity index (χ1) is 14.2. The lowest BCUT2D eigenvalue weighted by Gasteiger charge is -2.26. The number of ether oxygens (including phenoxy) is 1. The highest BCUT2D eigenvalue weighted by atomic mass is 79.9. The molecule has 0 aliphatic rings. The molecule has 0 spiro atoms. The lowest BCUT2D eigenvalue weighted by atomic mass is 9.99. The molecule has 0 saturated carbocycles. The van der Waals surface area contributed by atoms with Crippen LogP contribution >= 0.6 is 39.1 Å². The maximum Gasteiger partial charge on any atom is 0.339 e. The van der Waals surface area contributed by atoms with Crippen LogP contribution in [0.1, 0.15) is 47.5 Å². The van der Waals surface area contributed by atoms with Crippen LogP contribution < -0.4 is 5.32 Å². The van der Waals surface area contributed by atoms with Crippen molar-refractivity contribution in [3.63, 3.8) is 0 Å². The van der Waals surface area contributed by atoms with Crippen LogP contribution in [0.25, 0.3) is 0 Å². The molecule has 1 aromatic heterocycles. The van der Waals surface area contributed by atoms with Gasteiger partial charge in [-0.05, 0) is 71.7 Å². The van der Waals surface area contributed by atoms with Gasteiger partial charge in [-0.25, -0.2) is 9.18 Å². The van der Waals surface area contributed by atoms with E-state index in [1.807, 2.05) is 30.5 Å². The maximum atomic E-state index is 13.7. The number of nitrogens with zero attached hydrogens (tertiary/aromatic N) is 1. The number of nitrogens with one attached hydrogen (secondary N) is 1. The summed E-state index contributed by atoms with van der Waals surface area (Å²) in [5.74, 6) is -0.961. The van der Waals surface area contributed by atoms with Crippen LogP contribution in [-0.2, 0) is 4.74 Å². The second-order valence-electron chi connectivity index (χ2n) is 6.98. The van der Waals surface area contributed by atoms with Gasteiger partial charge in [0, 0.05) is 16.8 Å². The van der Waals surface area contributed by atoms with Gasteiger partial charge < -0.3 is 14.6 Å². The molecule has 1 heterocycles.